The lowest BCUT2D eigenvalue weighted by Gasteiger charge is -2.00. The Morgan fingerprint density at radius 2 is 2.12 bits per heavy atom. The number of carbonyl (C=O) groups excluding carboxylic acids is 1. The van der Waals surface area contributed by atoms with Gasteiger partial charge in [-0.3, -0.25) is 10.1 Å². The summed E-state index contributed by atoms with van der Waals surface area (Å²) in [5, 5.41) is 5.05. The normalized spacial score (nSPS) is 11.2. The summed E-state index contributed by atoms with van der Waals surface area (Å²) in [6.45, 7) is 0. The fourth-order valence-corrected chi connectivity index (χ4v) is 2.04. The number of carbonyl (C=O) groups is 1. The maximum atomic E-state index is 11.6. The second kappa shape index (κ2) is 5.65. The molecule has 1 aromatic heterocycles. The van der Waals surface area contributed by atoms with Crippen molar-refractivity contribution in [3.63, 3.8) is 0 Å². The Morgan fingerprint density at radius 1 is 1.35 bits per heavy atom. The van der Waals surface area contributed by atoms with Crippen molar-refractivity contribution in [2.45, 2.75) is 0 Å². The molecule has 1 N–H and O–H groups in total. The van der Waals surface area contributed by atoms with Crippen molar-refractivity contribution in [2.75, 3.05) is 5.32 Å². The van der Waals surface area contributed by atoms with Crippen molar-refractivity contribution in [3.8, 4) is 0 Å². The lowest BCUT2D eigenvalue weighted by atomic mass is 10.2. The van der Waals surface area contributed by atoms with E-state index in [1.54, 1.807) is 11.6 Å². The molecule has 2 aromatic rings. The number of benzene rings is 1. The second-order valence-corrected chi connectivity index (χ2v) is 4.60. The van der Waals surface area contributed by atoms with Gasteiger partial charge in [-0.2, -0.15) is 0 Å². The molecular formula is C12H10N2OS2. The number of amides is 1. The predicted molar refractivity (Wildman–Crippen MR) is 74.1 cm³/mol. The molecule has 17 heavy (non-hydrogen) atoms. The van der Waals surface area contributed by atoms with Crippen LogP contribution in [0.15, 0.2) is 48.0 Å². The molecule has 0 saturated carbocycles. The van der Waals surface area contributed by atoms with E-state index in [2.05, 4.69) is 22.9 Å². The molecule has 1 aromatic carbocycles. The highest BCUT2D eigenvalue weighted by atomic mass is 32.1. The van der Waals surface area contributed by atoms with Gasteiger partial charge in [0.15, 0.2) is 5.13 Å². The van der Waals surface area contributed by atoms with E-state index in [0.717, 1.165) is 5.56 Å². The number of hydrogen-bond donors (Lipinski definition) is 2. The molecule has 2 rings (SSSR count). The summed E-state index contributed by atoms with van der Waals surface area (Å²) >= 11 is 5.67. The SMILES string of the molecule is O=C(C=C(S)c1ccccc1)Nc1nccs1. The van der Waals surface area contributed by atoms with Gasteiger partial charge in [-0.1, -0.05) is 30.3 Å². The largest absolute Gasteiger partial charge is 0.298 e. The number of thiazole rings is 1. The van der Waals surface area contributed by atoms with Crippen LogP contribution in [0, 0.1) is 0 Å². The minimum absolute atomic E-state index is 0.228. The monoisotopic (exact) mass is 262 g/mol. The van der Waals surface area contributed by atoms with Crippen LogP contribution in [0.4, 0.5) is 5.13 Å². The zero-order chi connectivity index (χ0) is 12.1. The first-order valence-electron chi connectivity index (χ1n) is 4.92. The van der Waals surface area contributed by atoms with Crippen LogP contribution in [-0.2, 0) is 4.79 Å². The van der Waals surface area contributed by atoms with E-state index >= 15 is 0 Å². The van der Waals surface area contributed by atoms with E-state index < -0.39 is 0 Å². The highest BCUT2D eigenvalue weighted by Crippen LogP contribution is 2.18. The molecule has 0 fully saturated rings. The number of thiol groups is 1. The fraction of sp³-hybridized carbons (Fsp3) is 0. The Balaban J connectivity index is 2.07. The number of anilines is 1. The van der Waals surface area contributed by atoms with Gasteiger partial charge in [-0.25, -0.2) is 4.98 Å². The summed E-state index contributed by atoms with van der Waals surface area (Å²) in [6.07, 6.45) is 3.09. The van der Waals surface area contributed by atoms with Crippen molar-refractivity contribution in [3.05, 3.63) is 53.5 Å². The van der Waals surface area contributed by atoms with Gasteiger partial charge in [0, 0.05) is 22.6 Å². The zero-order valence-electron chi connectivity index (χ0n) is 8.83. The number of rotatable bonds is 3. The molecule has 5 heteroatoms. The third kappa shape index (κ3) is 3.44. The average Bonchev–Trinajstić information content (AvgIpc) is 2.82. The molecular weight excluding hydrogens is 252 g/mol. The van der Waals surface area contributed by atoms with Crippen molar-refractivity contribution in [1.29, 1.82) is 0 Å². The lowest BCUT2D eigenvalue weighted by molar-refractivity contribution is -0.111. The first-order chi connectivity index (χ1) is 8.25. The van der Waals surface area contributed by atoms with Gasteiger partial charge in [0.25, 0.3) is 5.91 Å². The van der Waals surface area contributed by atoms with Gasteiger partial charge in [0.2, 0.25) is 0 Å². The van der Waals surface area contributed by atoms with Crippen LogP contribution in [0.5, 0.6) is 0 Å². The van der Waals surface area contributed by atoms with Crippen LogP contribution in [0.3, 0.4) is 0 Å². The summed E-state index contributed by atoms with van der Waals surface area (Å²) in [6, 6.07) is 9.52. The van der Waals surface area contributed by atoms with Crippen LogP contribution < -0.4 is 5.32 Å². The number of hydrogen-bond acceptors (Lipinski definition) is 4. The van der Waals surface area contributed by atoms with Crippen LogP contribution >= 0.6 is 24.0 Å². The van der Waals surface area contributed by atoms with Crippen LogP contribution in [0.1, 0.15) is 5.56 Å². The smallest absolute Gasteiger partial charge is 0.251 e. The highest BCUT2D eigenvalue weighted by molar-refractivity contribution is 7.90. The molecule has 0 spiro atoms. The van der Waals surface area contributed by atoms with Gasteiger partial charge < -0.3 is 0 Å². The Labute approximate surface area is 109 Å². The van der Waals surface area contributed by atoms with E-state index in [0.29, 0.717) is 10.0 Å². The first kappa shape index (κ1) is 11.9. The molecule has 0 aliphatic rings. The molecule has 1 amide bonds. The number of aromatic nitrogens is 1. The third-order valence-electron chi connectivity index (χ3n) is 2.00. The summed E-state index contributed by atoms with van der Waals surface area (Å²) in [5.41, 5.74) is 0.908. The Bertz CT molecular complexity index is 521. The highest BCUT2D eigenvalue weighted by Gasteiger charge is 2.02. The fourth-order valence-electron chi connectivity index (χ4n) is 1.24. The summed E-state index contributed by atoms with van der Waals surface area (Å²) in [4.78, 5) is 16.2. The Kier molecular flexibility index (Phi) is 3.95. The van der Waals surface area contributed by atoms with Crippen molar-refractivity contribution in [2.24, 2.45) is 0 Å². The minimum atomic E-state index is -0.228. The third-order valence-corrected chi connectivity index (χ3v) is 3.08. The predicted octanol–water partition coefficient (Wildman–Crippen LogP) is 3.05. The lowest BCUT2D eigenvalue weighted by Crippen LogP contribution is -2.07. The van der Waals surface area contributed by atoms with E-state index in [1.165, 1.54) is 17.4 Å². The topological polar surface area (TPSA) is 42.0 Å². The molecule has 1 heterocycles. The van der Waals surface area contributed by atoms with E-state index in [9.17, 15) is 4.79 Å². The average molecular weight is 262 g/mol. The molecule has 3 nitrogen and oxygen atoms in total. The Morgan fingerprint density at radius 3 is 2.76 bits per heavy atom. The van der Waals surface area contributed by atoms with Gasteiger partial charge in [0.1, 0.15) is 0 Å². The number of nitrogens with zero attached hydrogens (tertiary/aromatic N) is 1. The summed E-state index contributed by atoms with van der Waals surface area (Å²) < 4.78 is 0. The molecule has 86 valence electrons. The maximum Gasteiger partial charge on any atom is 0.251 e. The molecule has 0 saturated heterocycles. The molecule has 0 radical (unpaired) electrons. The van der Waals surface area contributed by atoms with Gasteiger partial charge in [-0.05, 0) is 5.56 Å². The molecule has 0 aliphatic carbocycles. The maximum absolute atomic E-state index is 11.6. The standard InChI is InChI=1S/C12H10N2OS2/c15-11(14-12-13-6-7-17-12)8-10(16)9-4-2-1-3-5-9/h1-8,16H,(H,13,14,15). The summed E-state index contributed by atoms with van der Waals surface area (Å²) in [5.74, 6) is -0.228. The number of nitrogens with one attached hydrogen (secondary N) is 1. The molecule has 0 bridgehead atoms. The molecule has 0 unspecified atom stereocenters. The first-order valence-corrected chi connectivity index (χ1v) is 6.25. The van der Waals surface area contributed by atoms with Gasteiger partial charge in [-0.15, -0.1) is 24.0 Å². The van der Waals surface area contributed by atoms with Gasteiger partial charge in [0.05, 0.1) is 0 Å². The quantitative estimate of drug-likeness (QED) is 0.659. The van der Waals surface area contributed by atoms with Gasteiger partial charge >= 0.3 is 0 Å². The van der Waals surface area contributed by atoms with Crippen molar-refractivity contribution < 1.29 is 4.79 Å². The molecule has 0 atom stereocenters. The summed E-state index contributed by atoms with van der Waals surface area (Å²) in [7, 11) is 0. The van der Waals surface area contributed by atoms with E-state index in [4.69, 9.17) is 0 Å². The van der Waals surface area contributed by atoms with Crippen LogP contribution in [-0.4, -0.2) is 10.9 Å². The Hall–Kier alpha value is -1.59. The van der Waals surface area contributed by atoms with Crippen LogP contribution in [0.2, 0.25) is 0 Å². The minimum Gasteiger partial charge on any atom is -0.298 e. The van der Waals surface area contributed by atoms with Crippen LogP contribution in [0.25, 0.3) is 4.91 Å². The van der Waals surface area contributed by atoms with E-state index in [1.807, 2.05) is 30.3 Å². The second-order valence-electron chi connectivity index (χ2n) is 3.22. The molecule has 0 aliphatic heterocycles. The van der Waals surface area contributed by atoms with Crippen molar-refractivity contribution >= 4 is 39.9 Å². The zero-order valence-corrected chi connectivity index (χ0v) is 10.5. The van der Waals surface area contributed by atoms with E-state index in [-0.39, 0.29) is 5.91 Å². The van der Waals surface area contributed by atoms with Crippen molar-refractivity contribution in [1.82, 2.24) is 4.98 Å².